The fourth-order valence-corrected chi connectivity index (χ4v) is 4.78. The topological polar surface area (TPSA) is 49.9 Å². The Hall–Kier alpha value is -2.64. The summed E-state index contributed by atoms with van der Waals surface area (Å²) in [5.41, 5.74) is 2.70. The molecule has 2 heterocycles. The van der Waals surface area contributed by atoms with Crippen LogP contribution in [0.2, 0.25) is 0 Å². The van der Waals surface area contributed by atoms with Gasteiger partial charge in [0.2, 0.25) is 0 Å². The summed E-state index contributed by atoms with van der Waals surface area (Å²) >= 11 is 6.65. The average Bonchev–Trinajstić information content (AvgIpc) is 3.14. The Morgan fingerprint density at radius 1 is 1.00 bits per heavy atom. The summed E-state index contributed by atoms with van der Waals surface area (Å²) < 4.78 is 5.87. The first-order valence-corrected chi connectivity index (χ1v) is 10.2. The summed E-state index contributed by atoms with van der Waals surface area (Å²) in [6, 6.07) is 14.7. The smallest absolute Gasteiger partial charge is 0.271 e. The number of rotatable bonds is 4. The zero-order valence-electron chi connectivity index (χ0n) is 15.5. The van der Waals surface area contributed by atoms with Crippen LogP contribution < -0.4 is 14.5 Å². The molecular formula is C21H18N2O3S2. The molecule has 0 atom stereocenters. The Balaban J connectivity index is 1.76. The second-order valence-corrected chi connectivity index (χ2v) is 7.85. The Kier molecular flexibility index (Phi) is 4.95. The van der Waals surface area contributed by atoms with Crippen LogP contribution in [0.5, 0.6) is 5.75 Å². The van der Waals surface area contributed by atoms with Crippen molar-refractivity contribution in [2.75, 3.05) is 23.0 Å². The molecule has 142 valence electrons. The molecule has 0 radical (unpaired) electrons. The van der Waals surface area contributed by atoms with E-state index in [-0.39, 0.29) is 11.8 Å². The van der Waals surface area contributed by atoms with Crippen molar-refractivity contribution >= 4 is 57.1 Å². The molecule has 4 rings (SSSR count). The lowest BCUT2D eigenvalue weighted by atomic mass is 10.1. The van der Waals surface area contributed by atoms with Crippen molar-refractivity contribution in [1.82, 2.24) is 0 Å². The highest BCUT2D eigenvalue weighted by Gasteiger charge is 2.42. The minimum atomic E-state index is -0.268. The monoisotopic (exact) mass is 410 g/mol. The SMILES string of the molecule is CCOc1ccc(N2C(=O)/C(=C3\C(=O)N(CC)c4ccccc43)SC2=S)cc1. The zero-order chi connectivity index (χ0) is 19.8. The number of thiocarbonyl (C=S) groups is 1. The van der Waals surface area contributed by atoms with Crippen LogP contribution >= 0.6 is 24.0 Å². The predicted octanol–water partition coefficient (Wildman–Crippen LogP) is 4.23. The van der Waals surface area contributed by atoms with Gasteiger partial charge < -0.3 is 9.64 Å². The number of carbonyl (C=O) groups is 2. The van der Waals surface area contributed by atoms with Crippen LogP contribution in [-0.2, 0) is 9.59 Å². The molecule has 28 heavy (non-hydrogen) atoms. The molecule has 2 amide bonds. The molecule has 5 nitrogen and oxygen atoms in total. The van der Waals surface area contributed by atoms with Crippen molar-refractivity contribution in [2.45, 2.75) is 13.8 Å². The first kappa shape index (κ1) is 18.7. The number of hydrogen-bond acceptors (Lipinski definition) is 5. The average molecular weight is 411 g/mol. The number of amides is 2. The number of benzene rings is 2. The number of likely N-dealkylation sites (N-methyl/N-ethyl adjacent to an activating group) is 1. The van der Waals surface area contributed by atoms with Crippen molar-refractivity contribution < 1.29 is 14.3 Å². The van der Waals surface area contributed by atoms with E-state index in [9.17, 15) is 9.59 Å². The zero-order valence-corrected chi connectivity index (χ0v) is 17.1. The molecule has 0 saturated carbocycles. The highest BCUT2D eigenvalue weighted by Crippen LogP contribution is 2.45. The number of ether oxygens (including phenoxy) is 1. The van der Waals surface area contributed by atoms with Crippen molar-refractivity contribution in [3.63, 3.8) is 0 Å². The molecule has 2 aromatic carbocycles. The molecule has 7 heteroatoms. The first-order chi connectivity index (χ1) is 13.6. The Bertz CT molecular complexity index is 1010. The van der Waals surface area contributed by atoms with Gasteiger partial charge >= 0.3 is 0 Å². The molecule has 0 aromatic heterocycles. The lowest BCUT2D eigenvalue weighted by Gasteiger charge is -2.15. The van der Waals surface area contributed by atoms with Gasteiger partial charge in [0.05, 0.1) is 28.5 Å². The molecule has 0 spiro atoms. The van der Waals surface area contributed by atoms with Crippen LogP contribution in [-0.4, -0.2) is 29.3 Å². The minimum absolute atomic E-state index is 0.157. The van der Waals surface area contributed by atoms with Gasteiger partial charge in [-0.25, -0.2) is 0 Å². The maximum Gasteiger partial charge on any atom is 0.271 e. The Labute approximate surface area is 173 Å². The molecule has 0 bridgehead atoms. The summed E-state index contributed by atoms with van der Waals surface area (Å²) in [6.07, 6.45) is 0. The number of anilines is 2. The van der Waals surface area contributed by atoms with Crippen LogP contribution in [0.15, 0.2) is 53.4 Å². The molecular weight excluding hydrogens is 392 g/mol. The van der Waals surface area contributed by atoms with E-state index in [4.69, 9.17) is 17.0 Å². The Morgan fingerprint density at radius 2 is 1.71 bits per heavy atom. The quantitative estimate of drug-likeness (QED) is 0.558. The third kappa shape index (κ3) is 2.91. The fraction of sp³-hybridized carbons (Fsp3) is 0.190. The van der Waals surface area contributed by atoms with Gasteiger partial charge in [-0.15, -0.1) is 0 Å². The van der Waals surface area contributed by atoms with Crippen molar-refractivity contribution in [3.05, 3.63) is 59.0 Å². The molecule has 2 aliphatic rings. The third-order valence-electron chi connectivity index (χ3n) is 4.64. The number of carbonyl (C=O) groups excluding carboxylic acids is 2. The number of thioether (sulfide) groups is 1. The third-order valence-corrected chi connectivity index (χ3v) is 6.01. The maximum atomic E-state index is 13.2. The first-order valence-electron chi connectivity index (χ1n) is 9.01. The molecule has 0 N–H and O–H groups in total. The molecule has 0 aliphatic carbocycles. The molecule has 2 aliphatic heterocycles. The molecule has 2 aromatic rings. The van der Waals surface area contributed by atoms with Crippen LogP contribution in [0.4, 0.5) is 11.4 Å². The highest BCUT2D eigenvalue weighted by atomic mass is 32.2. The van der Waals surface area contributed by atoms with E-state index in [1.165, 1.54) is 16.7 Å². The van der Waals surface area contributed by atoms with Gasteiger partial charge in [0.15, 0.2) is 4.32 Å². The van der Waals surface area contributed by atoms with E-state index in [0.717, 1.165) is 17.0 Å². The van der Waals surface area contributed by atoms with Gasteiger partial charge in [-0.05, 0) is 44.2 Å². The number of fused-ring (bicyclic) bond motifs is 1. The van der Waals surface area contributed by atoms with E-state index in [0.29, 0.717) is 33.6 Å². The molecule has 0 unspecified atom stereocenters. The predicted molar refractivity (Wildman–Crippen MR) is 117 cm³/mol. The lowest BCUT2D eigenvalue weighted by Crippen LogP contribution is -2.29. The van der Waals surface area contributed by atoms with Gasteiger partial charge in [0.1, 0.15) is 5.75 Å². The van der Waals surface area contributed by atoms with Crippen molar-refractivity contribution in [1.29, 1.82) is 0 Å². The van der Waals surface area contributed by atoms with E-state index in [1.807, 2.05) is 38.1 Å². The summed E-state index contributed by atoms with van der Waals surface area (Å²) in [6.45, 7) is 4.95. The molecule has 1 saturated heterocycles. The Morgan fingerprint density at radius 3 is 2.39 bits per heavy atom. The van der Waals surface area contributed by atoms with Gasteiger partial charge in [0, 0.05) is 12.1 Å². The van der Waals surface area contributed by atoms with Crippen LogP contribution in [0.25, 0.3) is 5.57 Å². The standard InChI is InChI=1S/C21H18N2O3S2/c1-3-22-16-8-6-5-7-15(16)17(19(22)24)18-20(25)23(21(27)28-18)13-9-11-14(12-10-13)26-4-2/h5-12H,3-4H2,1-2H3/b18-17+. The van der Waals surface area contributed by atoms with Gasteiger partial charge in [-0.1, -0.05) is 42.2 Å². The summed E-state index contributed by atoms with van der Waals surface area (Å²) in [4.78, 5) is 29.8. The van der Waals surface area contributed by atoms with Gasteiger partial charge in [0.25, 0.3) is 11.8 Å². The van der Waals surface area contributed by atoms with Crippen molar-refractivity contribution in [3.8, 4) is 5.75 Å². The lowest BCUT2D eigenvalue weighted by molar-refractivity contribution is -0.115. The number of para-hydroxylation sites is 1. The van der Waals surface area contributed by atoms with E-state index in [2.05, 4.69) is 0 Å². The normalized spacial score (nSPS) is 18.9. The summed E-state index contributed by atoms with van der Waals surface area (Å²) in [7, 11) is 0. The van der Waals surface area contributed by atoms with Gasteiger partial charge in [-0.3, -0.25) is 14.5 Å². The fourth-order valence-electron chi connectivity index (χ4n) is 3.41. The van der Waals surface area contributed by atoms with E-state index in [1.54, 1.807) is 29.2 Å². The van der Waals surface area contributed by atoms with Crippen molar-refractivity contribution in [2.24, 2.45) is 0 Å². The number of nitrogens with zero attached hydrogens (tertiary/aromatic N) is 2. The van der Waals surface area contributed by atoms with Crippen LogP contribution in [0, 0.1) is 0 Å². The van der Waals surface area contributed by atoms with E-state index < -0.39 is 0 Å². The molecule has 1 fully saturated rings. The largest absolute Gasteiger partial charge is 0.494 e. The van der Waals surface area contributed by atoms with Crippen LogP contribution in [0.3, 0.4) is 0 Å². The highest BCUT2D eigenvalue weighted by molar-refractivity contribution is 8.27. The summed E-state index contributed by atoms with van der Waals surface area (Å²) in [5.74, 6) is 0.305. The second-order valence-electron chi connectivity index (χ2n) is 6.21. The maximum absolute atomic E-state index is 13.2. The minimum Gasteiger partial charge on any atom is -0.494 e. The van der Waals surface area contributed by atoms with E-state index >= 15 is 0 Å². The number of hydrogen-bond donors (Lipinski definition) is 0. The van der Waals surface area contributed by atoms with Crippen LogP contribution in [0.1, 0.15) is 19.4 Å². The van der Waals surface area contributed by atoms with Gasteiger partial charge in [-0.2, -0.15) is 0 Å². The second kappa shape index (κ2) is 7.41. The summed E-state index contributed by atoms with van der Waals surface area (Å²) in [5, 5.41) is 0.